The van der Waals surface area contributed by atoms with Gasteiger partial charge in [0.25, 0.3) is 0 Å². The molecule has 40 heavy (non-hydrogen) atoms. The lowest BCUT2D eigenvalue weighted by Crippen LogP contribution is -2.38. The van der Waals surface area contributed by atoms with Crippen LogP contribution in [0.2, 0.25) is 5.02 Å². The maximum Gasteiger partial charge on any atom is 0.409 e. The first-order valence-electron chi connectivity index (χ1n) is 13.0. The zero-order chi connectivity index (χ0) is 29.4. The second kappa shape index (κ2) is 14.1. The molecule has 0 bridgehead atoms. The number of amides is 1. The molecule has 1 amide bonds. The van der Waals surface area contributed by atoms with Crippen molar-refractivity contribution in [3.8, 4) is 29.0 Å². The quantitative estimate of drug-likeness (QED) is 0.323. The highest BCUT2D eigenvalue weighted by Crippen LogP contribution is 2.32. The van der Waals surface area contributed by atoms with Gasteiger partial charge < -0.3 is 30.5 Å². The molecule has 4 N–H and O–H groups in total. The van der Waals surface area contributed by atoms with E-state index in [0.717, 1.165) is 0 Å². The highest BCUT2D eigenvalue weighted by molar-refractivity contribution is 6.33. The molecule has 0 spiro atoms. The van der Waals surface area contributed by atoms with Gasteiger partial charge in [-0.3, -0.25) is 4.79 Å². The molecular formula is C29H36ClN5O5. The van der Waals surface area contributed by atoms with E-state index in [1.807, 2.05) is 0 Å². The van der Waals surface area contributed by atoms with Crippen molar-refractivity contribution in [1.29, 1.82) is 0 Å². The van der Waals surface area contributed by atoms with Gasteiger partial charge in [0.2, 0.25) is 0 Å². The molecular weight excluding hydrogens is 534 g/mol. The van der Waals surface area contributed by atoms with Gasteiger partial charge in [0.1, 0.15) is 24.2 Å². The number of methoxy groups -OCH3 is 1. The zero-order valence-corrected chi connectivity index (χ0v) is 24.3. The van der Waals surface area contributed by atoms with Crippen molar-refractivity contribution in [1.82, 2.24) is 20.2 Å². The van der Waals surface area contributed by atoms with Crippen molar-refractivity contribution in [2.75, 3.05) is 40.4 Å². The molecule has 2 heterocycles. The van der Waals surface area contributed by atoms with E-state index in [1.165, 1.54) is 14.0 Å². The van der Waals surface area contributed by atoms with Crippen LogP contribution in [0.4, 0.5) is 4.79 Å². The minimum absolute atomic E-state index is 0.0607. The Bertz CT molecular complexity index is 1340. The number of carbonyl (C=O) groups excluding carboxylic acids is 2. The number of likely N-dealkylation sites (tertiary alicyclic amines) is 1. The van der Waals surface area contributed by atoms with E-state index in [1.54, 1.807) is 44.0 Å². The summed E-state index contributed by atoms with van der Waals surface area (Å²) >= 11 is 6.57. The lowest BCUT2D eigenvalue weighted by atomic mass is 9.96. The van der Waals surface area contributed by atoms with Crippen LogP contribution in [0.3, 0.4) is 0 Å². The number of aliphatic hydroxyl groups excluding tert-OH is 1. The average molecular weight is 570 g/mol. The number of allylic oxidation sites excluding steroid dienone is 2. The molecule has 0 saturated carbocycles. The Kier molecular flexibility index (Phi) is 10.9. The Morgan fingerprint density at radius 1 is 1.27 bits per heavy atom. The highest BCUT2D eigenvalue weighted by atomic mass is 35.5. The number of benzene rings is 1. The van der Waals surface area contributed by atoms with Gasteiger partial charge in [0.05, 0.1) is 23.4 Å². The third-order valence-corrected chi connectivity index (χ3v) is 6.84. The van der Waals surface area contributed by atoms with Crippen molar-refractivity contribution in [2.24, 2.45) is 11.7 Å². The molecule has 1 aliphatic rings. The number of Topliss-reactive ketones (excluding diaryl/α,β-unsaturated/α-hetero) is 1. The summed E-state index contributed by atoms with van der Waals surface area (Å²) in [5, 5.41) is 13.3. The van der Waals surface area contributed by atoms with Crippen LogP contribution in [-0.4, -0.2) is 78.4 Å². The van der Waals surface area contributed by atoms with E-state index in [-0.39, 0.29) is 35.8 Å². The Hall–Kier alpha value is -3.65. The lowest BCUT2D eigenvalue weighted by molar-refractivity contribution is -0.111. The molecule has 1 aromatic carbocycles. The van der Waals surface area contributed by atoms with Gasteiger partial charge in [-0.05, 0) is 64.8 Å². The van der Waals surface area contributed by atoms with Crippen LogP contribution in [0.5, 0.6) is 5.75 Å². The number of piperidine rings is 1. The molecule has 1 saturated heterocycles. The monoisotopic (exact) mass is 569 g/mol. The van der Waals surface area contributed by atoms with E-state index < -0.39 is 6.10 Å². The predicted molar refractivity (Wildman–Crippen MR) is 154 cm³/mol. The number of hydrogen-bond donors (Lipinski definition) is 3. The van der Waals surface area contributed by atoms with Gasteiger partial charge in [-0.25, -0.2) is 14.8 Å². The first-order valence-corrected chi connectivity index (χ1v) is 13.4. The van der Waals surface area contributed by atoms with E-state index >= 15 is 0 Å². The van der Waals surface area contributed by atoms with Crippen LogP contribution >= 0.6 is 11.6 Å². The summed E-state index contributed by atoms with van der Waals surface area (Å²) in [7, 11) is 3.12. The van der Waals surface area contributed by atoms with E-state index in [4.69, 9.17) is 36.8 Å². The number of aliphatic hydroxyl groups is 1. The van der Waals surface area contributed by atoms with Crippen molar-refractivity contribution < 1.29 is 24.2 Å². The van der Waals surface area contributed by atoms with E-state index in [9.17, 15) is 14.7 Å². The third-order valence-electron chi connectivity index (χ3n) is 6.51. The molecule has 0 aliphatic carbocycles. The Morgan fingerprint density at radius 3 is 2.58 bits per heavy atom. The number of hydrogen-bond acceptors (Lipinski definition) is 9. The van der Waals surface area contributed by atoms with Gasteiger partial charge in [0.15, 0.2) is 11.6 Å². The summed E-state index contributed by atoms with van der Waals surface area (Å²) in [4.78, 5) is 35.5. The normalized spacial score (nSPS) is 15.0. The van der Waals surface area contributed by atoms with Crippen LogP contribution in [0.1, 0.15) is 43.6 Å². The number of nitrogens with one attached hydrogen (secondary N) is 1. The fourth-order valence-electron chi connectivity index (χ4n) is 4.39. The zero-order valence-electron chi connectivity index (χ0n) is 23.5. The topological polar surface area (TPSA) is 140 Å². The van der Waals surface area contributed by atoms with Crippen LogP contribution in [0, 0.1) is 24.7 Å². The summed E-state index contributed by atoms with van der Waals surface area (Å²) in [6.45, 7) is 6.46. The summed E-state index contributed by atoms with van der Waals surface area (Å²) in [6.07, 6.45) is 0.380. The minimum Gasteiger partial charge on any atom is -0.491 e. The molecule has 214 valence electrons. The van der Waals surface area contributed by atoms with Crippen LogP contribution in [-0.2, 0) is 9.53 Å². The largest absolute Gasteiger partial charge is 0.491 e. The molecule has 0 radical (unpaired) electrons. The van der Waals surface area contributed by atoms with Crippen molar-refractivity contribution in [3.05, 3.63) is 45.9 Å². The second-order valence-electron chi connectivity index (χ2n) is 9.65. The Balaban J connectivity index is 2.04. The first-order chi connectivity index (χ1) is 19.0. The van der Waals surface area contributed by atoms with Gasteiger partial charge in [-0.2, -0.15) is 0 Å². The van der Waals surface area contributed by atoms with Crippen molar-refractivity contribution >= 4 is 29.1 Å². The number of nitrogens with two attached hydrogens (primary N) is 1. The number of rotatable bonds is 8. The number of aromatic nitrogens is 2. The highest BCUT2D eigenvalue weighted by Gasteiger charge is 2.23. The lowest BCUT2D eigenvalue weighted by Gasteiger charge is -2.28. The third kappa shape index (κ3) is 7.72. The SMILES string of the molecule is CNC[C@@H](O)COc1ccc(Cl)c(-c2nc(C#CC3CCN(C(=O)OC)CC3)c(C)c(C(C(C)=O)=C(C)N)n2)c1. The van der Waals surface area contributed by atoms with Crippen LogP contribution in [0.25, 0.3) is 17.0 Å². The number of likely N-dealkylation sites (N-methyl/N-ethyl adjacent to an activating group) is 1. The average Bonchev–Trinajstić information content (AvgIpc) is 2.92. The van der Waals surface area contributed by atoms with Gasteiger partial charge >= 0.3 is 6.09 Å². The van der Waals surface area contributed by atoms with Gasteiger partial charge in [0, 0.05) is 42.4 Å². The maximum atomic E-state index is 12.6. The molecule has 1 atom stereocenters. The summed E-state index contributed by atoms with van der Waals surface area (Å²) in [6, 6.07) is 5.05. The number of ether oxygens (including phenoxy) is 2. The Labute approximate surface area is 239 Å². The molecule has 1 aromatic heterocycles. The number of ketones is 1. The predicted octanol–water partition coefficient (Wildman–Crippen LogP) is 3.17. The van der Waals surface area contributed by atoms with Gasteiger partial charge in [-0.15, -0.1) is 0 Å². The number of halogens is 1. The number of carbonyl (C=O) groups is 2. The fraction of sp³-hybridized carbons (Fsp3) is 0.448. The molecule has 1 aliphatic heterocycles. The summed E-state index contributed by atoms with van der Waals surface area (Å²) in [5.74, 6) is 7.04. The van der Waals surface area contributed by atoms with Gasteiger partial charge in [-0.1, -0.05) is 17.5 Å². The molecule has 3 rings (SSSR count). The van der Waals surface area contributed by atoms with Crippen LogP contribution < -0.4 is 15.8 Å². The van der Waals surface area contributed by atoms with Crippen LogP contribution in [0.15, 0.2) is 23.9 Å². The van der Waals surface area contributed by atoms with Crippen molar-refractivity contribution in [2.45, 2.75) is 39.7 Å². The fourth-order valence-corrected chi connectivity index (χ4v) is 4.59. The second-order valence-corrected chi connectivity index (χ2v) is 10.1. The first kappa shape index (κ1) is 30.9. The number of nitrogens with zero attached hydrogens (tertiary/aromatic N) is 3. The minimum atomic E-state index is -0.691. The molecule has 0 unspecified atom stereocenters. The standard InChI is InChI=1S/C29H36ClN5O5/c1-17-25(9-6-20-10-12-35(13-11-20)29(38)39-5)33-28(34-27(17)26(18(2)31)19(3)36)23-14-22(7-8-24(23)30)40-16-21(37)15-32-4/h7-8,14,20-21,32,37H,10-13,15-16,31H2,1-5H3/t21-/m1/s1. The molecule has 2 aromatic rings. The maximum absolute atomic E-state index is 12.6. The van der Waals surface area contributed by atoms with E-state index in [2.05, 4.69) is 17.2 Å². The summed E-state index contributed by atoms with van der Waals surface area (Å²) in [5.41, 5.74) is 8.66. The molecule has 1 fully saturated rings. The summed E-state index contributed by atoms with van der Waals surface area (Å²) < 4.78 is 10.6. The van der Waals surface area contributed by atoms with E-state index in [0.29, 0.717) is 71.5 Å². The van der Waals surface area contributed by atoms with Crippen molar-refractivity contribution in [3.63, 3.8) is 0 Å². The Morgan fingerprint density at radius 2 is 1.98 bits per heavy atom. The smallest absolute Gasteiger partial charge is 0.409 e. The molecule has 10 nitrogen and oxygen atoms in total. The molecule has 11 heteroatoms.